The fourth-order valence-corrected chi connectivity index (χ4v) is 2.75. The molecule has 2 N–H and O–H groups in total. The molecule has 1 saturated carbocycles. The van der Waals surface area contributed by atoms with Gasteiger partial charge in [0.05, 0.1) is 24.0 Å². The molecule has 3 aromatic rings. The Labute approximate surface area is 143 Å². The quantitative estimate of drug-likeness (QED) is 0.670. The van der Waals surface area contributed by atoms with Crippen molar-refractivity contribution in [3.05, 3.63) is 41.8 Å². The van der Waals surface area contributed by atoms with Crippen LogP contribution in [0.2, 0.25) is 0 Å². The maximum absolute atomic E-state index is 12.3. The van der Waals surface area contributed by atoms with Crippen LogP contribution in [0.3, 0.4) is 0 Å². The third kappa shape index (κ3) is 3.39. The Morgan fingerprint density at radius 3 is 3.08 bits per heavy atom. The predicted octanol–water partition coefficient (Wildman–Crippen LogP) is 1.26. The summed E-state index contributed by atoms with van der Waals surface area (Å²) in [4.78, 5) is 20.9. The summed E-state index contributed by atoms with van der Waals surface area (Å²) in [5, 5.41) is 15.8. The number of carbonyl (C=O) groups is 1. The standard InChI is InChI=1S/C17H19N5O3/c23-8-7-22-10-19-13-9-12(3-4-14(13)22)16(24)18-6-5-15-20-17(25-21-15)11-1-2-11/h3-4,9-11,23H,1-2,5-8H2,(H,18,24). The maximum atomic E-state index is 12.3. The fraction of sp³-hybridized carbons (Fsp3) is 0.412. The van der Waals surface area contributed by atoms with Gasteiger partial charge in [0, 0.05) is 31.0 Å². The van der Waals surface area contributed by atoms with Crippen LogP contribution in [0.4, 0.5) is 0 Å². The number of aliphatic hydroxyl groups excluding tert-OH is 1. The van der Waals surface area contributed by atoms with E-state index in [2.05, 4.69) is 20.4 Å². The van der Waals surface area contributed by atoms with E-state index in [1.807, 2.05) is 10.6 Å². The molecule has 130 valence electrons. The lowest BCUT2D eigenvalue weighted by atomic mass is 10.2. The molecule has 0 saturated heterocycles. The summed E-state index contributed by atoms with van der Waals surface area (Å²) in [6, 6.07) is 5.35. The Bertz CT molecular complexity index is 897. The molecule has 0 aliphatic heterocycles. The van der Waals surface area contributed by atoms with Gasteiger partial charge in [-0.05, 0) is 31.0 Å². The molecule has 2 heterocycles. The first-order valence-electron chi connectivity index (χ1n) is 8.41. The van der Waals surface area contributed by atoms with Crippen LogP contribution in [0.15, 0.2) is 29.0 Å². The Kier molecular flexibility index (Phi) is 4.19. The number of hydrogen-bond acceptors (Lipinski definition) is 6. The first-order chi connectivity index (χ1) is 12.2. The van der Waals surface area contributed by atoms with Gasteiger partial charge >= 0.3 is 0 Å². The van der Waals surface area contributed by atoms with Crippen LogP contribution in [-0.4, -0.2) is 43.9 Å². The van der Waals surface area contributed by atoms with E-state index >= 15 is 0 Å². The van der Waals surface area contributed by atoms with Crippen LogP contribution >= 0.6 is 0 Å². The molecule has 1 amide bonds. The lowest BCUT2D eigenvalue weighted by molar-refractivity contribution is 0.0954. The molecular weight excluding hydrogens is 322 g/mol. The number of aliphatic hydroxyl groups is 1. The smallest absolute Gasteiger partial charge is 0.251 e. The number of amides is 1. The minimum Gasteiger partial charge on any atom is -0.395 e. The van der Waals surface area contributed by atoms with Crippen molar-refractivity contribution in [1.29, 1.82) is 0 Å². The number of rotatable bonds is 7. The van der Waals surface area contributed by atoms with Gasteiger partial charge < -0.3 is 19.5 Å². The van der Waals surface area contributed by atoms with Gasteiger partial charge in [-0.3, -0.25) is 4.79 Å². The van der Waals surface area contributed by atoms with Crippen molar-refractivity contribution in [2.45, 2.75) is 31.7 Å². The van der Waals surface area contributed by atoms with Crippen molar-refractivity contribution in [3.63, 3.8) is 0 Å². The van der Waals surface area contributed by atoms with E-state index in [0.29, 0.717) is 42.7 Å². The molecule has 2 aromatic heterocycles. The molecule has 0 atom stereocenters. The van der Waals surface area contributed by atoms with Crippen LogP contribution in [-0.2, 0) is 13.0 Å². The number of hydrogen-bond donors (Lipinski definition) is 2. The molecule has 0 radical (unpaired) electrons. The Morgan fingerprint density at radius 1 is 1.40 bits per heavy atom. The van der Waals surface area contributed by atoms with Crippen LogP contribution in [0.25, 0.3) is 11.0 Å². The average molecular weight is 341 g/mol. The molecule has 8 nitrogen and oxygen atoms in total. The SMILES string of the molecule is O=C(NCCc1noc(C2CC2)n1)c1ccc2c(c1)ncn2CCO. The van der Waals surface area contributed by atoms with Crippen LogP contribution in [0, 0.1) is 0 Å². The zero-order chi connectivity index (χ0) is 17.2. The van der Waals surface area contributed by atoms with Crippen molar-refractivity contribution < 1.29 is 14.4 Å². The van der Waals surface area contributed by atoms with E-state index in [0.717, 1.165) is 23.9 Å². The van der Waals surface area contributed by atoms with Crippen molar-refractivity contribution in [2.24, 2.45) is 0 Å². The lowest BCUT2D eigenvalue weighted by Crippen LogP contribution is -2.25. The van der Waals surface area contributed by atoms with E-state index in [9.17, 15) is 4.79 Å². The second-order valence-corrected chi connectivity index (χ2v) is 6.19. The lowest BCUT2D eigenvalue weighted by Gasteiger charge is -2.05. The number of nitrogens with one attached hydrogen (secondary N) is 1. The van der Waals surface area contributed by atoms with Gasteiger partial charge in [-0.2, -0.15) is 4.98 Å². The largest absolute Gasteiger partial charge is 0.395 e. The van der Waals surface area contributed by atoms with Gasteiger partial charge in [-0.25, -0.2) is 4.98 Å². The summed E-state index contributed by atoms with van der Waals surface area (Å²) in [5.74, 6) is 1.61. The van der Waals surface area contributed by atoms with Gasteiger partial charge in [-0.15, -0.1) is 0 Å². The monoisotopic (exact) mass is 341 g/mol. The van der Waals surface area contributed by atoms with Crippen LogP contribution in [0.5, 0.6) is 0 Å². The molecule has 0 unspecified atom stereocenters. The highest BCUT2D eigenvalue weighted by Gasteiger charge is 2.29. The van der Waals surface area contributed by atoms with Gasteiger partial charge in [0.25, 0.3) is 5.91 Å². The van der Waals surface area contributed by atoms with Gasteiger partial charge in [0.1, 0.15) is 0 Å². The minimum atomic E-state index is -0.162. The van der Waals surface area contributed by atoms with Gasteiger partial charge in [0.15, 0.2) is 5.82 Å². The first kappa shape index (κ1) is 15.8. The molecule has 1 aromatic carbocycles. The molecule has 1 aliphatic carbocycles. The first-order valence-corrected chi connectivity index (χ1v) is 8.41. The minimum absolute atomic E-state index is 0.0479. The van der Waals surface area contributed by atoms with Crippen molar-refractivity contribution in [3.8, 4) is 0 Å². The summed E-state index contributed by atoms with van der Waals surface area (Å²) in [7, 11) is 0. The molecule has 0 spiro atoms. The van der Waals surface area contributed by atoms with E-state index in [-0.39, 0.29) is 12.5 Å². The molecule has 4 rings (SSSR count). The molecule has 25 heavy (non-hydrogen) atoms. The van der Waals surface area contributed by atoms with Gasteiger partial charge in [0.2, 0.25) is 5.89 Å². The van der Waals surface area contributed by atoms with Crippen LogP contribution < -0.4 is 5.32 Å². The zero-order valence-corrected chi connectivity index (χ0v) is 13.7. The number of imidazole rings is 1. The Balaban J connectivity index is 1.36. The molecule has 1 aliphatic rings. The Hall–Kier alpha value is -2.74. The average Bonchev–Trinajstić information content (AvgIpc) is 3.24. The number of nitrogens with zero attached hydrogens (tertiary/aromatic N) is 4. The van der Waals surface area contributed by atoms with E-state index in [4.69, 9.17) is 9.63 Å². The second-order valence-electron chi connectivity index (χ2n) is 6.19. The van der Waals surface area contributed by atoms with Gasteiger partial charge in [-0.1, -0.05) is 5.16 Å². The summed E-state index contributed by atoms with van der Waals surface area (Å²) in [5.41, 5.74) is 2.17. The highest BCUT2D eigenvalue weighted by Crippen LogP contribution is 2.38. The summed E-state index contributed by atoms with van der Waals surface area (Å²) < 4.78 is 7.05. The maximum Gasteiger partial charge on any atom is 0.251 e. The third-order valence-corrected chi connectivity index (χ3v) is 4.27. The number of aromatic nitrogens is 4. The number of fused-ring (bicyclic) bond motifs is 1. The second kappa shape index (κ2) is 6.64. The highest BCUT2D eigenvalue weighted by atomic mass is 16.5. The summed E-state index contributed by atoms with van der Waals surface area (Å²) in [6.45, 7) is 0.974. The molecule has 8 heteroatoms. The van der Waals surface area contributed by atoms with Crippen molar-refractivity contribution >= 4 is 16.9 Å². The van der Waals surface area contributed by atoms with E-state index in [1.54, 1.807) is 18.5 Å². The highest BCUT2D eigenvalue weighted by molar-refractivity contribution is 5.97. The zero-order valence-electron chi connectivity index (χ0n) is 13.7. The van der Waals surface area contributed by atoms with Crippen molar-refractivity contribution in [1.82, 2.24) is 25.0 Å². The van der Waals surface area contributed by atoms with E-state index in [1.165, 1.54) is 0 Å². The molecule has 0 bridgehead atoms. The molecular formula is C17H19N5O3. The summed E-state index contributed by atoms with van der Waals surface area (Å²) in [6.07, 6.45) is 4.44. The molecule has 1 fully saturated rings. The summed E-state index contributed by atoms with van der Waals surface area (Å²) >= 11 is 0. The van der Waals surface area contributed by atoms with Crippen LogP contribution in [0.1, 0.15) is 40.8 Å². The number of benzene rings is 1. The topological polar surface area (TPSA) is 106 Å². The van der Waals surface area contributed by atoms with Crippen molar-refractivity contribution in [2.75, 3.05) is 13.2 Å². The normalized spacial score (nSPS) is 14.1. The predicted molar refractivity (Wildman–Crippen MR) is 89.1 cm³/mol. The number of carbonyl (C=O) groups excluding carboxylic acids is 1. The third-order valence-electron chi connectivity index (χ3n) is 4.27. The Morgan fingerprint density at radius 2 is 2.28 bits per heavy atom. The van der Waals surface area contributed by atoms with E-state index < -0.39 is 0 Å². The fourth-order valence-electron chi connectivity index (χ4n) is 2.75.